The molecule has 3 unspecified atom stereocenters. The lowest BCUT2D eigenvalue weighted by Gasteiger charge is -2.33. The number of nitrogen functional groups attached to an aromatic ring is 1. The molecule has 4 atom stereocenters. The van der Waals surface area contributed by atoms with Crippen LogP contribution in [0.4, 0.5) is 19.6 Å². The fourth-order valence-electron chi connectivity index (χ4n) is 8.58. The van der Waals surface area contributed by atoms with E-state index in [-0.39, 0.29) is 77.7 Å². The molecule has 0 radical (unpaired) electrons. The van der Waals surface area contributed by atoms with Gasteiger partial charge in [-0.1, -0.05) is 24.6 Å². The van der Waals surface area contributed by atoms with Crippen molar-refractivity contribution < 1.29 is 26.7 Å². The fraction of sp³-hybridized carbons (Fsp3) is 0.485. The third-order valence-corrected chi connectivity index (χ3v) is 12.6. The van der Waals surface area contributed by atoms with E-state index in [1.54, 1.807) is 0 Å². The summed E-state index contributed by atoms with van der Waals surface area (Å²) >= 11 is 7.95. The van der Waals surface area contributed by atoms with Crippen LogP contribution in [-0.2, 0) is 10.0 Å². The van der Waals surface area contributed by atoms with E-state index in [9.17, 15) is 13.7 Å². The predicted molar refractivity (Wildman–Crippen MR) is 185 cm³/mol. The number of nitrogens with two attached hydrogens (primary N) is 1. The van der Waals surface area contributed by atoms with Gasteiger partial charge in [0.15, 0.2) is 11.6 Å². The Bertz CT molecular complexity index is 2200. The molecule has 0 amide bonds. The third-order valence-electron chi connectivity index (χ3n) is 10.5. The van der Waals surface area contributed by atoms with Crippen LogP contribution in [0.2, 0.25) is 5.02 Å². The number of nitrogens with zero attached hydrogens (tertiary/aromatic N) is 5. The van der Waals surface area contributed by atoms with Crippen LogP contribution in [0.5, 0.6) is 11.8 Å². The lowest BCUT2D eigenvalue weighted by Crippen LogP contribution is -2.46. The summed E-state index contributed by atoms with van der Waals surface area (Å²) in [6.45, 7) is 5.09. The van der Waals surface area contributed by atoms with Crippen molar-refractivity contribution in [2.75, 3.05) is 49.7 Å². The van der Waals surface area contributed by atoms with Gasteiger partial charge in [-0.3, -0.25) is 4.90 Å². The minimum Gasteiger partial charge on any atom is -0.491 e. The molecular weight excluding hydrogens is 696 g/mol. The number of anilines is 2. The maximum absolute atomic E-state index is 17.3. The highest BCUT2D eigenvalue weighted by molar-refractivity contribution is 7.88. The Hall–Kier alpha value is -3.55. The average molecular weight is 730 g/mol. The number of aromatic nitrogens is 2. The second-order valence-electron chi connectivity index (χ2n) is 13.7. The van der Waals surface area contributed by atoms with Crippen LogP contribution in [0.3, 0.4) is 0 Å². The van der Waals surface area contributed by atoms with E-state index in [4.69, 9.17) is 31.8 Å². The van der Waals surface area contributed by atoms with Crippen LogP contribution < -0.4 is 24.8 Å². The van der Waals surface area contributed by atoms with Gasteiger partial charge in [0.05, 0.1) is 45.1 Å². The molecule has 3 N–H and O–H groups in total. The van der Waals surface area contributed by atoms with Crippen LogP contribution in [0.15, 0.2) is 12.1 Å². The standard InChI is InChI=1S/C33H34ClF2N7O4S2/c1-16-12-33(8-3-9-42(33)14-16)15-47-32-39-27-24-28(46-11-7-21-20(41-49(2,44)45)6-10-43(21)31(24)40-32)25(34)23(26(27)36)17-4-5-19(35)29-22(17)18(13-37)30(38)48-29/h4-5,16,20-21,41H,3,6-12,14-15,38H2,1-2H3/t16-,20?,21?,33?/m1/s1. The summed E-state index contributed by atoms with van der Waals surface area (Å²) in [5, 5.41) is 10.3. The summed E-state index contributed by atoms with van der Waals surface area (Å²) in [5.74, 6) is -0.443. The molecule has 6 heterocycles. The smallest absolute Gasteiger partial charge is 0.319 e. The lowest BCUT2D eigenvalue weighted by molar-refractivity contribution is 0.107. The maximum atomic E-state index is 17.3. The van der Waals surface area contributed by atoms with Gasteiger partial charge in [0, 0.05) is 36.5 Å². The quantitative estimate of drug-likeness (QED) is 0.264. The van der Waals surface area contributed by atoms with Gasteiger partial charge in [0.1, 0.15) is 34.8 Å². The Morgan fingerprint density at radius 2 is 2.08 bits per heavy atom. The Balaban J connectivity index is 1.34. The minimum absolute atomic E-state index is 0.0246. The third kappa shape index (κ3) is 5.26. The van der Waals surface area contributed by atoms with E-state index < -0.39 is 27.7 Å². The van der Waals surface area contributed by atoms with Crippen LogP contribution in [0, 0.1) is 28.9 Å². The number of ether oxygens (including phenoxy) is 2. The molecule has 11 nitrogen and oxygen atoms in total. The van der Waals surface area contributed by atoms with Crippen molar-refractivity contribution in [3.63, 3.8) is 0 Å². The molecule has 8 rings (SSSR count). The first kappa shape index (κ1) is 32.6. The van der Waals surface area contributed by atoms with Gasteiger partial charge < -0.3 is 20.1 Å². The molecule has 0 saturated carbocycles. The summed E-state index contributed by atoms with van der Waals surface area (Å²) in [6.07, 6.45) is 5.03. The molecule has 0 aliphatic carbocycles. The Labute approximate surface area is 291 Å². The number of nitrogens with one attached hydrogen (secondary N) is 1. The molecule has 3 saturated heterocycles. The second-order valence-corrected chi connectivity index (χ2v) is 16.9. The van der Waals surface area contributed by atoms with Crippen molar-refractivity contribution in [1.82, 2.24) is 19.6 Å². The monoisotopic (exact) mass is 729 g/mol. The van der Waals surface area contributed by atoms with Crippen LogP contribution in [0.1, 0.15) is 44.6 Å². The normalized spacial score (nSPS) is 25.2. The van der Waals surface area contributed by atoms with Crippen molar-refractivity contribution in [3.05, 3.63) is 34.4 Å². The average Bonchev–Trinajstić information content (AvgIpc) is 3.77. The highest BCUT2D eigenvalue weighted by atomic mass is 35.5. The van der Waals surface area contributed by atoms with Gasteiger partial charge in [-0.25, -0.2) is 21.9 Å². The molecular formula is C33H34ClF2N7O4S2. The molecule has 2 aromatic carbocycles. The van der Waals surface area contributed by atoms with Crippen molar-refractivity contribution in [2.45, 2.75) is 56.7 Å². The van der Waals surface area contributed by atoms with E-state index in [1.807, 2.05) is 11.0 Å². The number of nitriles is 1. The number of halogens is 3. The topological polar surface area (TPSA) is 147 Å². The van der Waals surface area contributed by atoms with Gasteiger partial charge >= 0.3 is 6.01 Å². The summed E-state index contributed by atoms with van der Waals surface area (Å²) in [5.41, 5.74) is 5.92. The van der Waals surface area contributed by atoms with Gasteiger partial charge in [-0.15, -0.1) is 11.3 Å². The SMILES string of the molecule is C[C@H]1CN2CCCC2(COc2nc3c4c(c(Cl)c(-c5ccc(F)c6sc(N)c(C#N)c56)c(F)c4n2)OCCC2C(NS(C)(=O)=O)CCN32)C1. The van der Waals surface area contributed by atoms with Gasteiger partial charge in [0.2, 0.25) is 10.0 Å². The van der Waals surface area contributed by atoms with Crippen LogP contribution >= 0.6 is 22.9 Å². The first-order chi connectivity index (χ1) is 23.4. The largest absolute Gasteiger partial charge is 0.491 e. The summed E-state index contributed by atoms with van der Waals surface area (Å²) in [6, 6.07) is 3.80. The summed E-state index contributed by atoms with van der Waals surface area (Å²) in [7, 11) is -3.52. The minimum atomic E-state index is -3.52. The molecule has 4 aliphatic rings. The molecule has 0 bridgehead atoms. The molecule has 3 fully saturated rings. The van der Waals surface area contributed by atoms with Crippen molar-refractivity contribution in [2.24, 2.45) is 5.92 Å². The number of thiophene rings is 1. The highest BCUT2D eigenvalue weighted by Crippen LogP contribution is 2.51. The summed E-state index contributed by atoms with van der Waals surface area (Å²) in [4.78, 5) is 13.9. The Morgan fingerprint density at radius 1 is 1.27 bits per heavy atom. The molecule has 258 valence electrons. The van der Waals surface area contributed by atoms with E-state index in [2.05, 4.69) is 21.5 Å². The molecule has 49 heavy (non-hydrogen) atoms. The van der Waals surface area contributed by atoms with E-state index in [0.29, 0.717) is 37.7 Å². The number of sulfonamides is 1. The first-order valence-electron chi connectivity index (χ1n) is 16.3. The van der Waals surface area contributed by atoms with Crippen molar-refractivity contribution in [1.29, 1.82) is 5.26 Å². The predicted octanol–water partition coefficient (Wildman–Crippen LogP) is 5.43. The number of rotatable bonds is 6. The van der Waals surface area contributed by atoms with E-state index >= 15 is 8.78 Å². The van der Waals surface area contributed by atoms with E-state index in [1.165, 1.54) is 12.1 Å². The Morgan fingerprint density at radius 3 is 2.86 bits per heavy atom. The number of fused-ring (bicyclic) bond motifs is 4. The van der Waals surface area contributed by atoms with Gasteiger partial charge in [0.25, 0.3) is 0 Å². The molecule has 4 aromatic rings. The lowest BCUT2D eigenvalue weighted by atomic mass is 9.92. The van der Waals surface area contributed by atoms with Crippen LogP contribution in [0.25, 0.3) is 32.1 Å². The fourth-order valence-corrected chi connectivity index (χ4v) is 10.7. The molecule has 2 aromatic heterocycles. The molecule has 4 aliphatic heterocycles. The first-order valence-corrected chi connectivity index (χ1v) is 19.4. The van der Waals surface area contributed by atoms with Gasteiger partial charge in [-0.2, -0.15) is 15.2 Å². The number of hydrogen-bond acceptors (Lipinski definition) is 11. The number of benzene rings is 2. The zero-order valence-electron chi connectivity index (χ0n) is 26.9. The van der Waals surface area contributed by atoms with Crippen molar-refractivity contribution in [3.8, 4) is 29.0 Å². The van der Waals surface area contributed by atoms with E-state index in [0.717, 1.165) is 49.9 Å². The maximum Gasteiger partial charge on any atom is 0.319 e. The zero-order chi connectivity index (χ0) is 34.4. The molecule has 0 spiro atoms. The van der Waals surface area contributed by atoms with Crippen LogP contribution in [-0.4, -0.2) is 80.0 Å². The number of hydrogen-bond donors (Lipinski definition) is 2. The Kier molecular flexibility index (Phi) is 7.84. The van der Waals surface area contributed by atoms with Gasteiger partial charge in [-0.05, 0) is 49.8 Å². The second kappa shape index (κ2) is 11.8. The summed E-state index contributed by atoms with van der Waals surface area (Å²) < 4.78 is 72.4. The zero-order valence-corrected chi connectivity index (χ0v) is 29.2. The molecule has 16 heteroatoms. The van der Waals surface area contributed by atoms with Crippen molar-refractivity contribution >= 4 is 64.8 Å². The highest BCUT2D eigenvalue weighted by Gasteiger charge is 2.48.